The highest BCUT2D eigenvalue weighted by molar-refractivity contribution is 5.80. The maximum absolute atomic E-state index is 12.8. The molecular formula is C11H9FO3. The molecule has 2 rings (SSSR count). The van der Waals surface area contributed by atoms with Gasteiger partial charge >= 0.3 is 0 Å². The van der Waals surface area contributed by atoms with Crippen LogP contribution in [0.4, 0.5) is 4.39 Å². The standard InChI is InChI=1S/C11H9FO3/c12-9-1-2-10-8(3-4-14-7-13)6-15-11(10)5-9/h1-2,5-7H,3-4H2. The summed E-state index contributed by atoms with van der Waals surface area (Å²) in [6.07, 6.45) is 2.12. The Hall–Kier alpha value is -1.84. The van der Waals surface area contributed by atoms with Crippen LogP contribution >= 0.6 is 0 Å². The van der Waals surface area contributed by atoms with Crippen molar-refractivity contribution in [3.05, 3.63) is 35.8 Å². The molecule has 0 aliphatic heterocycles. The highest BCUT2D eigenvalue weighted by Gasteiger charge is 2.06. The Labute approximate surface area is 85.4 Å². The van der Waals surface area contributed by atoms with Crippen molar-refractivity contribution in [2.75, 3.05) is 6.61 Å². The molecule has 0 atom stereocenters. The molecule has 15 heavy (non-hydrogen) atoms. The lowest BCUT2D eigenvalue weighted by Crippen LogP contribution is -1.95. The highest BCUT2D eigenvalue weighted by atomic mass is 19.1. The van der Waals surface area contributed by atoms with Crippen LogP contribution in [-0.4, -0.2) is 13.1 Å². The van der Waals surface area contributed by atoms with E-state index in [0.717, 1.165) is 10.9 Å². The van der Waals surface area contributed by atoms with Crippen LogP contribution in [0, 0.1) is 5.82 Å². The van der Waals surface area contributed by atoms with Gasteiger partial charge in [-0.25, -0.2) is 4.39 Å². The van der Waals surface area contributed by atoms with Crippen LogP contribution in [0.3, 0.4) is 0 Å². The van der Waals surface area contributed by atoms with Crippen molar-refractivity contribution in [1.82, 2.24) is 0 Å². The molecule has 0 aliphatic rings. The van der Waals surface area contributed by atoms with E-state index in [1.165, 1.54) is 12.1 Å². The minimum absolute atomic E-state index is 0.301. The Morgan fingerprint density at radius 3 is 3.13 bits per heavy atom. The van der Waals surface area contributed by atoms with Crippen molar-refractivity contribution in [1.29, 1.82) is 0 Å². The zero-order valence-corrected chi connectivity index (χ0v) is 7.90. The van der Waals surface area contributed by atoms with E-state index in [0.29, 0.717) is 25.1 Å². The molecule has 0 spiro atoms. The van der Waals surface area contributed by atoms with E-state index in [-0.39, 0.29) is 5.82 Å². The Morgan fingerprint density at radius 1 is 1.47 bits per heavy atom. The number of ether oxygens (including phenoxy) is 1. The molecule has 1 heterocycles. The molecule has 0 bridgehead atoms. The average molecular weight is 208 g/mol. The number of hydrogen-bond acceptors (Lipinski definition) is 3. The molecule has 0 saturated heterocycles. The zero-order chi connectivity index (χ0) is 10.7. The third-order valence-electron chi connectivity index (χ3n) is 2.18. The SMILES string of the molecule is O=COCCc1coc2cc(F)ccc12. The van der Waals surface area contributed by atoms with Gasteiger partial charge in [0.25, 0.3) is 6.47 Å². The predicted octanol–water partition coefficient (Wildman–Crippen LogP) is 2.29. The summed E-state index contributed by atoms with van der Waals surface area (Å²) in [5.74, 6) is -0.326. The molecule has 2 aromatic rings. The lowest BCUT2D eigenvalue weighted by molar-refractivity contribution is -0.128. The smallest absolute Gasteiger partial charge is 0.293 e. The molecule has 1 aromatic carbocycles. The fourth-order valence-electron chi connectivity index (χ4n) is 1.47. The molecule has 3 nitrogen and oxygen atoms in total. The van der Waals surface area contributed by atoms with Gasteiger partial charge in [0.2, 0.25) is 0 Å². The van der Waals surface area contributed by atoms with Crippen LogP contribution in [-0.2, 0) is 16.0 Å². The summed E-state index contributed by atoms with van der Waals surface area (Å²) in [6, 6.07) is 4.37. The molecule has 0 saturated carbocycles. The van der Waals surface area contributed by atoms with Crippen LogP contribution in [0.25, 0.3) is 11.0 Å². The Balaban J connectivity index is 2.24. The summed E-state index contributed by atoms with van der Waals surface area (Å²) >= 11 is 0. The zero-order valence-electron chi connectivity index (χ0n) is 7.90. The fourth-order valence-corrected chi connectivity index (χ4v) is 1.47. The van der Waals surface area contributed by atoms with Crippen LogP contribution < -0.4 is 0 Å². The van der Waals surface area contributed by atoms with Gasteiger partial charge in [-0.3, -0.25) is 4.79 Å². The van der Waals surface area contributed by atoms with Gasteiger partial charge in [0.05, 0.1) is 12.9 Å². The van der Waals surface area contributed by atoms with Crippen molar-refractivity contribution >= 4 is 17.4 Å². The van der Waals surface area contributed by atoms with E-state index in [2.05, 4.69) is 4.74 Å². The summed E-state index contributed by atoms with van der Waals surface area (Å²) in [5.41, 5.74) is 1.42. The first-order valence-corrected chi connectivity index (χ1v) is 4.52. The summed E-state index contributed by atoms with van der Waals surface area (Å²) in [6.45, 7) is 0.706. The van der Waals surface area contributed by atoms with Gasteiger partial charge in [0.15, 0.2) is 0 Å². The Morgan fingerprint density at radius 2 is 2.33 bits per heavy atom. The molecule has 78 valence electrons. The normalized spacial score (nSPS) is 10.5. The Kier molecular flexibility index (Phi) is 2.67. The second kappa shape index (κ2) is 4.13. The quantitative estimate of drug-likeness (QED) is 0.571. The van der Waals surface area contributed by atoms with Crippen molar-refractivity contribution in [2.24, 2.45) is 0 Å². The van der Waals surface area contributed by atoms with Gasteiger partial charge in [-0.05, 0) is 12.1 Å². The average Bonchev–Trinajstić information content (AvgIpc) is 2.61. The van der Waals surface area contributed by atoms with Gasteiger partial charge in [-0.2, -0.15) is 0 Å². The van der Waals surface area contributed by atoms with E-state index in [4.69, 9.17) is 4.42 Å². The second-order valence-corrected chi connectivity index (χ2v) is 3.12. The minimum Gasteiger partial charge on any atom is -0.468 e. The van der Waals surface area contributed by atoms with E-state index in [1.807, 2.05) is 0 Å². The van der Waals surface area contributed by atoms with Crippen molar-refractivity contribution in [3.63, 3.8) is 0 Å². The van der Waals surface area contributed by atoms with Crippen LogP contribution in [0.2, 0.25) is 0 Å². The van der Waals surface area contributed by atoms with Gasteiger partial charge in [-0.15, -0.1) is 0 Å². The monoisotopic (exact) mass is 208 g/mol. The molecular weight excluding hydrogens is 199 g/mol. The number of carbonyl (C=O) groups is 1. The van der Waals surface area contributed by atoms with Crippen molar-refractivity contribution in [3.8, 4) is 0 Å². The number of halogens is 1. The van der Waals surface area contributed by atoms with Crippen LogP contribution in [0.15, 0.2) is 28.9 Å². The molecule has 0 fully saturated rings. The highest BCUT2D eigenvalue weighted by Crippen LogP contribution is 2.22. The third-order valence-corrected chi connectivity index (χ3v) is 2.18. The number of benzene rings is 1. The summed E-state index contributed by atoms with van der Waals surface area (Å²) in [5, 5.41) is 0.853. The maximum Gasteiger partial charge on any atom is 0.293 e. The molecule has 1 aromatic heterocycles. The van der Waals surface area contributed by atoms with E-state index >= 15 is 0 Å². The predicted molar refractivity (Wildman–Crippen MR) is 51.9 cm³/mol. The second-order valence-electron chi connectivity index (χ2n) is 3.12. The van der Waals surface area contributed by atoms with E-state index in [9.17, 15) is 9.18 Å². The first-order chi connectivity index (χ1) is 7.31. The number of hydrogen-bond donors (Lipinski definition) is 0. The number of rotatable bonds is 4. The number of carbonyl (C=O) groups excluding carboxylic acids is 1. The summed E-state index contributed by atoms with van der Waals surface area (Å²) in [4.78, 5) is 9.95. The lowest BCUT2D eigenvalue weighted by atomic mass is 10.1. The number of furan rings is 1. The summed E-state index contributed by atoms with van der Waals surface area (Å²) in [7, 11) is 0. The van der Waals surface area contributed by atoms with E-state index in [1.54, 1.807) is 12.3 Å². The van der Waals surface area contributed by atoms with Crippen LogP contribution in [0.5, 0.6) is 0 Å². The molecule has 0 unspecified atom stereocenters. The lowest BCUT2D eigenvalue weighted by Gasteiger charge is -1.96. The van der Waals surface area contributed by atoms with Gasteiger partial charge in [0.1, 0.15) is 11.4 Å². The fraction of sp³-hybridized carbons (Fsp3) is 0.182. The van der Waals surface area contributed by atoms with Crippen molar-refractivity contribution in [2.45, 2.75) is 6.42 Å². The molecule has 0 radical (unpaired) electrons. The molecule has 0 N–H and O–H groups in total. The first kappa shape index (κ1) is 9.71. The van der Waals surface area contributed by atoms with Gasteiger partial charge < -0.3 is 9.15 Å². The molecule has 0 aliphatic carbocycles. The van der Waals surface area contributed by atoms with Gasteiger partial charge in [-0.1, -0.05) is 0 Å². The molecule has 4 heteroatoms. The maximum atomic E-state index is 12.8. The topological polar surface area (TPSA) is 39.4 Å². The van der Waals surface area contributed by atoms with E-state index < -0.39 is 0 Å². The minimum atomic E-state index is -0.326. The number of fused-ring (bicyclic) bond motifs is 1. The molecule has 0 amide bonds. The largest absolute Gasteiger partial charge is 0.468 e. The summed E-state index contributed by atoms with van der Waals surface area (Å²) < 4.78 is 22.6. The van der Waals surface area contributed by atoms with Crippen molar-refractivity contribution < 1.29 is 18.3 Å². The first-order valence-electron chi connectivity index (χ1n) is 4.52. The van der Waals surface area contributed by atoms with Gasteiger partial charge in [0, 0.05) is 23.4 Å². The van der Waals surface area contributed by atoms with Crippen LogP contribution in [0.1, 0.15) is 5.56 Å². The third kappa shape index (κ3) is 1.98. The Bertz CT molecular complexity index is 476.